The van der Waals surface area contributed by atoms with Crippen molar-refractivity contribution in [3.63, 3.8) is 0 Å². The number of amides is 2. The molecule has 0 saturated carbocycles. The van der Waals surface area contributed by atoms with Gasteiger partial charge in [-0.05, 0) is 46.0 Å². The van der Waals surface area contributed by atoms with E-state index in [1.165, 1.54) is 23.5 Å². The molecule has 4 rings (SSSR count). The molecule has 0 unspecified atom stereocenters. The molecule has 2 aromatic rings. The number of halogens is 3. The Kier molecular flexibility index (Phi) is 10.1. The van der Waals surface area contributed by atoms with Gasteiger partial charge in [0.15, 0.2) is 11.5 Å². The molecule has 43 heavy (non-hydrogen) atoms. The molecule has 0 atom stereocenters. The Balaban J connectivity index is 1.38. The minimum Gasteiger partial charge on any atom is -0.444 e. The van der Waals surface area contributed by atoms with E-state index in [4.69, 9.17) is 4.74 Å². The number of likely N-dealkylation sites (N-methyl/N-ethyl adjacent to an activating group) is 1. The summed E-state index contributed by atoms with van der Waals surface area (Å²) in [6, 6.07) is 3.42. The van der Waals surface area contributed by atoms with Crippen LogP contribution in [-0.4, -0.2) is 121 Å². The molecule has 0 bridgehead atoms. The van der Waals surface area contributed by atoms with E-state index in [9.17, 15) is 27.6 Å². The molecule has 2 fully saturated rings. The number of carbonyl (C=O) groups is 3. The van der Waals surface area contributed by atoms with Crippen molar-refractivity contribution in [2.24, 2.45) is 0 Å². The lowest BCUT2D eigenvalue weighted by atomic mass is 10.1. The highest BCUT2D eigenvalue weighted by molar-refractivity contribution is 7.15. The van der Waals surface area contributed by atoms with Gasteiger partial charge in [-0.2, -0.15) is 0 Å². The van der Waals surface area contributed by atoms with Crippen LogP contribution >= 0.6 is 11.3 Å². The molecular formula is C27H36F3N7O5S. The zero-order valence-electron chi connectivity index (χ0n) is 24.6. The SMILES string of the molecule is CN1CCN(CC(=O)Nc2cc(C(=O)Cc3nnc(N4CCN(C(=O)OC(C)(C)C)CC4)s3)ccc2OC(F)(F)F)CC1. The van der Waals surface area contributed by atoms with Crippen LogP contribution in [-0.2, 0) is 16.0 Å². The number of alkyl halides is 3. The number of hydrogen-bond acceptors (Lipinski definition) is 11. The molecule has 16 heteroatoms. The first-order chi connectivity index (χ1) is 20.1. The van der Waals surface area contributed by atoms with E-state index in [-0.39, 0.29) is 30.3 Å². The van der Waals surface area contributed by atoms with Crippen LogP contribution in [0, 0.1) is 0 Å². The van der Waals surface area contributed by atoms with Gasteiger partial charge in [-0.1, -0.05) is 11.3 Å². The summed E-state index contributed by atoms with van der Waals surface area (Å²) in [4.78, 5) is 45.7. The Bertz CT molecular complexity index is 1300. The second-order valence-corrected chi connectivity index (χ2v) is 12.5. The van der Waals surface area contributed by atoms with E-state index in [0.29, 0.717) is 49.4 Å². The summed E-state index contributed by atoms with van der Waals surface area (Å²) in [5.41, 5.74) is -0.743. The number of nitrogens with zero attached hydrogens (tertiary/aromatic N) is 6. The van der Waals surface area contributed by atoms with E-state index in [2.05, 4.69) is 25.2 Å². The maximum atomic E-state index is 13.1. The second-order valence-electron chi connectivity index (χ2n) is 11.4. The summed E-state index contributed by atoms with van der Waals surface area (Å²) in [5.74, 6) is -1.54. The molecule has 236 valence electrons. The van der Waals surface area contributed by atoms with Crippen LogP contribution in [0.5, 0.6) is 5.75 Å². The van der Waals surface area contributed by atoms with Crippen LogP contribution in [0.4, 0.5) is 28.8 Å². The van der Waals surface area contributed by atoms with Gasteiger partial charge in [0.1, 0.15) is 10.6 Å². The number of piperazine rings is 2. The van der Waals surface area contributed by atoms with Gasteiger partial charge < -0.3 is 29.5 Å². The lowest BCUT2D eigenvalue weighted by Crippen LogP contribution is -2.50. The van der Waals surface area contributed by atoms with Crippen LogP contribution in [0.25, 0.3) is 0 Å². The van der Waals surface area contributed by atoms with Crippen LogP contribution in [0.1, 0.15) is 36.1 Å². The van der Waals surface area contributed by atoms with Crippen molar-refractivity contribution in [1.82, 2.24) is 24.9 Å². The highest BCUT2D eigenvalue weighted by atomic mass is 32.1. The first-order valence-electron chi connectivity index (χ1n) is 13.8. The zero-order chi connectivity index (χ0) is 31.4. The first-order valence-corrected chi connectivity index (χ1v) is 14.7. The Morgan fingerprint density at radius 2 is 1.65 bits per heavy atom. The lowest BCUT2D eigenvalue weighted by molar-refractivity contribution is -0.274. The molecule has 2 aliphatic heterocycles. The third-order valence-electron chi connectivity index (χ3n) is 6.73. The van der Waals surface area contributed by atoms with Gasteiger partial charge >= 0.3 is 12.5 Å². The van der Waals surface area contributed by atoms with Crippen LogP contribution in [0.3, 0.4) is 0 Å². The molecule has 1 aromatic carbocycles. The molecule has 0 spiro atoms. The van der Waals surface area contributed by atoms with Gasteiger partial charge in [0.25, 0.3) is 0 Å². The summed E-state index contributed by atoms with van der Waals surface area (Å²) < 4.78 is 48.6. The zero-order valence-corrected chi connectivity index (χ0v) is 25.4. The predicted molar refractivity (Wildman–Crippen MR) is 154 cm³/mol. The van der Waals surface area contributed by atoms with Crippen molar-refractivity contribution in [1.29, 1.82) is 0 Å². The smallest absolute Gasteiger partial charge is 0.444 e. The molecule has 3 heterocycles. The topological polar surface area (TPSA) is 120 Å². The lowest BCUT2D eigenvalue weighted by Gasteiger charge is -2.35. The van der Waals surface area contributed by atoms with Crippen molar-refractivity contribution in [2.45, 2.75) is 39.2 Å². The molecule has 0 aliphatic carbocycles. The number of aromatic nitrogens is 2. The fourth-order valence-electron chi connectivity index (χ4n) is 4.50. The number of benzene rings is 1. The van der Waals surface area contributed by atoms with Crippen molar-refractivity contribution < 1.29 is 37.0 Å². The number of rotatable bonds is 8. The Morgan fingerprint density at radius 1 is 0.977 bits per heavy atom. The summed E-state index contributed by atoms with van der Waals surface area (Å²) in [7, 11) is 1.97. The molecule has 2 amide bonds. The molecule has 1 N–H and O–H groups in total. The maximum Gasteiger partial charge on any atom is 0.573 e. The number of carbonyl (C=O) groups excluding carboxylic acids is 3. The molecular weight excluding hydrogens is 591 g/mol. The molecule has 12 nitrogen and oxygen atoms in total. The molecule has 2 saturated heterocycles. The standard InChI is InChI=1S/C27H36F3N7O5S/c1-26(2,3)42-25(40)37-13-11-36(12-14-37)24-33-32-23(43-24)16-20(38)18-5-6-21(41-27(28,29)30)19(15-18)31-22(39)17-35-9-7-34(4)8-10-35/h5-6,15H,7-14,16-17H2,1-4H3,(H,31,39). The first kappa shape index (κ1) is 32.4. The molecule has 1 aromatic heterocycles. The normalized spacial score (nSPS) is 17.1. The number of hydrogen-bond donors (Lipinski definition) is 1. The van der Waals surface area contributed by atoms with Gasteiger partial charge in [0.2, 0.25) is 11.0 Å². The highest BCUT2D eigenvalue weighted by Crippen LogP contribution is 2.32. The van der Waals surface area contributed by atoms with Crippen LogP contribution in [0.15, 0.2) is 18.2 Å². The quantitative estimate of drug-likeness (QED) is 0.437. The number of ketones is 1. The fourth-order valence-corrected chi connectivity index (χ4v) is 5.39. The third-order valence-corrected chi connectivity index (χ3v) is 7.72. The second kappa shape index (κ2) is 13.4. The van der Waals surface area contributed by atoms with Crippen molar-refractivity contribution in [3.8, 4) is 5.75 Å². The Hall–Kier alpha value is -3.50. The van der Waals surface area contributed by atoms with Crippen molar-refractivity contribution >= 4 is 39.9 Å². The largest absolute Gasteiger partial charge is 0.573 e. The average Bonchev–Trinajstić information content (AvgIpc) is 3.37. The Labute approximate surface area is 251 Å². The number of ether oxygens (including phenoxy) is 2. The monoisotopic (exact) mass is 627 g/mol. The van der Waals surface area contributed by atoms with E-state index in [0.717, 1.165) is 19.2 Å². The average molecular weight is 628 g/mol. The van der Waals surface area contributed by atoms with Gasteiger partial charge in [-0.15, -0.1) is 23.4 Å². The molecule has 2 aliphatic rings. The predicted octanol–water partition coefficient (Wildman–Crippen LogP) is 3.11. The summed E-state index contributed by atoms with van der Waals surface area (Å²) in [6.07, 6.45) is -5.50. The summed E-state index contributed by atoms with van der Waals surface area (Å²) in [6.45, 7) is 10.2. The highest BCUT2D eigenvalue weighted by Gasteiger charge is 2.33. The molecule has 0 radical (unpaired) electrons. The Morgan fingerprint density at radius 3 is 2.28 bits per heavy atom. The van der Waals surface area contributed by atoms with E-state index < -0.39 is 29.4 Å². The van der Waals surface area contributed by atoms with Crippen LogP contribution in [0.2, 0.25) is 0 Å². The van der Waals surface area contributed by atoms with Gasteiger partial charge in [0.05, 0.1) is 18.7 Å². The number of nitrogens with one attached hydrogen (secondary N) is 1. The van der Waals surface area contributed by atoms with Gasteiger partial charge in [0, 0.05) is 57.9 Å². The summed E-state index contributed by atoms with van der Waals surface area (Å²) in [5, 5.41) is 11.8. The minimum absolute atomic E-state index is 0.00291. The number of anilines is 2. The van der Waals surface area contributed by atoms with Gasteiger partial charge in [-0.3, -0.25) is 14.5 Å². The van der Waals surface area contributed by atoms with E-state index in [1.807, 2.05) is 37.6 Å². The number of Topliss-reactive ketones (excluding diaryl/α,β-unsaturated/α-hetero) is 1. The van der Waals surface area contributed by atoms with E-state index >= 15 is 0 Å². The van der Waals surface area contributed by atoms with Crippen molar-refractivity contribution in [3.05, 3.63) is 28.8 Å². The van der Waals surface area contributed by atoms with Crippen molar-refractivity contribution in [2.75, 3.05) is 76.2 Å². The van der Waals surface area contributed by atoms with E-state index in [1.54, 1.807) is 4.90 Å². The van der Waals surface area contributed by atoms with Crippen LogP contribution < -0.4 is 15.0 Å². The maximum absolute atomic E-state index is 13.1. The minimum atomic E-state index is -4.98. The third kappa shape index (κ3) is 9.76. The fraction of sp³-hybridized carbons (Fsp3) is 0.593. The van der Waals surface area contributed by atoms with Gasteiger partial charge in [-0.25, -0.2) is 4.79 Å². The summed E-state index contributed by atoms with van der Waals surface area (Å²) >= 11 is 1.22.